The zero-order valence-electron chi connectivity index (χ0n) is 19.1. The fourth-order valence-corrected chi connectivity index (χ4v) is 4.52. The van der Waals surface area contributed by atoms with Gasteiger partial charge in [-0.2, -0.15) is 5.10 Å². The number of rotatable bonds is 6. The molecule has 31 heavy (non-hydrogen) atoms. The van der Waals surface area contributed by atoms with Crippen LogP contribution in [0.2, 0.25) is 0 Å². The summed E-state index contributed by atoms with van der Waals surface area (Å²) in [5.41, 5.74) is 3.79. The first kappa shape index (κ1) is 21.8. The summed E-state index contributed by atoms with van der Waals surface area (Å²) in [6.07, 6.45) is 6.53. The standard InChI is InChI=1S/C24H36N6O/c1-4-25-24(30-13-14-31-23(18-30)21-15-27-28(3)17-21)26-16-22(29-11-5-6-12-29)20-9-7-19(2)8-10-20/h7-10,15,17,22-23H,4-6,11-14,16,18H2,1-3H3,(H,25,26). The highest BCUT2D eigenvalue weighted by Crippen LogP contribution is 2.26. The van der Waals surface area contributed by atoms with Gasteiger partial charge in [0.2, 0.25) is 0 Å². The first-order valence-electron chi connectivity index (χ1n) is 11.6. The van der Waals surface area contributed by atoms with Gasteiger partial charge in [-0.05, 0) is 45.3 Å². The number of nitrogens with zero attached hydrogens (tertiary/aromatic N) is 5. The van der Waals surface area contributed by atoms with Crippen molar-refractivity contribution >= 4 is 5.96 Å². The highest BCUT2D eigenvalue weighted by atomic mass is 16.5. The van der Waals surface area contributed by atoms with Gasteiger partial charge < -0.3 is 15.0 Å². The van der Waals surface area contributed by atoms with E-state index in [2.05, 4.69) is 58.3 Å². The van der Waals surface area contributed by atoms with Crippen molar-refractivity contribution in [2.45, 2.75) is 38.8 Å². The largest absolute Gasteiger partial charge is 0.370 e. The van der Waals surface area contributed by atoms with Gasteiger partial charge in [0.05, 0.1) is 31.9 Å². The predicted molar refractivity (Wildman–Crippen MR) is 124 cm³/mol. The van der Waals surface area contributed by atoms with Crippen LogP contribution in [0, 0.1) is 6.92 Å². The second-order valence-electron chi connectivity index (χ2n) is 8.62. The summed E-state index contributed by atoms with van der Waals surface area (Å²) in [5, 5.41) is 7.83. The van der Waals surface area contributed by atoms with Gasteiger partial charge in [-0.25, -0.2) is 0 Å². The van der Waals surface area contributed by atoms with Crippen LogP contribution in [0.4, 0.5) is 0 Å². The maximum Gasteiger partial charge on any atom is 0.194 e. The second-order valence-corrected chi connectivity index (χ2v) is 8.62. The van der Waals surface area contributed by atoms with Crippen LogP contribution in [0.3, 0.4) is 0 Å². The molecule has 7 nitrogen and oxygen atoms in total. The van der Waals surface area contributed by atoms with E-state index in [0.717, 1.165) is 50.8 Å². The summed E-state index contributed by atoms with van der Waals surface area (Å²) in [7, 11) is 1.94. The zero-order valence-corrected chi connectivity index (χ0v) is 19.1. The molecular weight excluding hydrogens is 388 g/mol. The van der Waals surface area contributed by atoms with E-state index in [9.17, 15) is 0 Å². The van der Waals surface area contributed by atoms with Crippen LogP contribution in [0.5, 0.6) is 0 Å². The average molecular weight is 425 g/mol. The summed E-state index contributed by atoms with van der Waals surface area (Å²) < 4.78 is 7.87. The maximum atomic E-state index is 6.04. The molecule has 0 bridgehead atoms. The molecule has 1 N–H and O–H groups in total. The summed E-state index contributed by atoms with van der Waals surface area (Å²) in [6.45, 7) is 10.5. The molecule has 1 aromatic heterocycles. The lowest BCUT2D eigenvalue weighted by Gasteiger charge is -2.35. The molecule has 2 unspecified atom stereocenters. The smallest absolute Gasteiger partial charge is 0.194 e. The number of nitrogens with one attached hydrogen (secondary N) is 1. The Labute approximate surface area is 186 Å². The lowest BCUT2D eigenvalue weighted by atomic mass is 10.0. The predicted octanol–water partition coefficient (Wildman–Crippen LogP) is 2.90. The topological polar surface area (TPSA) is 57.9 Å². The van der Waals surface area contributed by atoms with E-state index in [1.807, 2.05) is 24.1 Å². The Morgan fingerprint density at radius 1 is 1.23 bits per heavy atom. The van der Waals surface area contributed by atoms with E-state index in [0.29, 0.717) is 12.6 Å². The minimum absolute atomic E-state index is 0.0257. The van der Waals surface area contributed by atoms with Crippen molar-refractivity contribution in [3.05, 3.63) is 53.3 Å². The van der Waals surface area contributed by atoms with Crippen molar-refractivity contribution < 1.29 is 4.74 Å². The van der Waals surface area contributed by atoms with Gasteiger partial charge in [-0.15, -0.1) is 0 Å². The average Bonchev–Trinajstić information content (AvgIpc) is 3.47. The fourth-order valence-electron chi connectivity index (χ4n) is 4.52. The van der Waals surface area contributed by atoms with Crippen molar-refractivity contribution in [1.82, 2.24) is 24.9 Å². The molecule has 7 heteroatoms. The van der Waals surface area contributed by atoms with Crippen molar-refractivity contribution in [2.24, 2.45) is 12.0 Å². The molecule has 0 aliphatic carbocycles. The summed E-state index contributed by atoms with van der Waals surface area (Å²) in [4.78, 5) is 10.1. The molecule has 2 aliphatic heterocycles. The number of ether oxygens (including phenoxy) is 1. The Bertz CT molecular complexity index is 855. The van der Waals surface area contributed by atoms with Crippen LogP contribution in [0.15, 0.2) is 41.7 Å². The van der Waals surface area contributed by atoms with Gasteiger partial charge in [-0.1, -0.05) is 29.8 Å². The Morgan fingerprint density at radius 3 is 2.68 bits per heavy atom. The minimum atomic E-state index is 0.0257. The van der Waals surface area contributed by atoms with E-state index in [1.165, 1.54) is 24.0 Å². The molecule has 2 aliphatic rings. The van der Waals surface area contributed by atoms with E-state index >= 15 is 0 Å². The third-order valence-electron chi connectivity index (χ3n) is 6.26. The number of aryl methyl sites for hydroxylation is 2. The van der Waals surface area contributed by atoms with E-state index < -0.39 is 0 Å². The molecule has 0 spiro atoms. The van der Waals surface area contributed by atoms with E-state index in [-0.39, 0.29) is 6.10 Å². The molecule has 168 valence electrons. The molecule has 4 rings (SSSR count). The lowest BCUT2D eigenvalue weighted by Crippen LogP contribution is -2.48. The summed E-state index contributed by atoms with van der Waals surface area (Å²) in [6, 6.07) is 9.30. The van der Waals surface area contributed by atoms with Crippen LogP contribution >= 0.6 is 0 Å². The molecule has 0 radical (unpaired) electrons. The number of guanidine groups is 1. The number of hydrogen-bond donors (Lipinski definition) is 1. The van der Waals surface area contributed by atoms with E-state index in [4.69, 9.17) is 9.73 Å². The SMILES string of the molecule is CCNC(=NCC(c1ccc(C)cc1)N1CCCC1)N1CCOC(c2cnn(C)c2)C1. The van der Waals surface area contributed by atoms with Crippen LogP contribution in [-0.4, -0.2) is 71.4 Å². The van der Waals surface area contributed by atoms with Crippen molar-refractivity contribution in [3.63, 3.8) is 0 Å². The summed E-state index contributed by atoms with van der Waals surface area (Å²) >= 11 is 0. The number of morpholine rings is 1. The Kier molecular flexibility index (Phi) is 7.25. The number of aromatic nitrogens is 2. The third kappa shape index (κ3) is 5.46. The highest BCUT2D eigenvalue weighted by molar-refractivity contribution is 5.80. The summed E-state index contributed by atoms with van der Waals surface area (Å²) in [5.74, 6) is 0.982. The number of benzene rings is 1. The normalized spacial score (nSPS) is 21.5. The second kappa shape index (κ2) is 10.3. The van der Waals surface area contributed by atoms with Gasteiger partial charge in [-0.3, -0.25) is 14.6 Å². The quantitative estimate of drug-likeness (QED) is 0.571. The van der Waals surface area contributed by atoms with Gasteiger partial charge in [0.25, 0.3) is 0 Å². The van der Waals surface area contributed by atoms with Gasteiger partial charge >= 0.3 is 0 Å². The first-order chi connectivity index (χ1) is 15.1. The lowest BCUT2D eigenvalue weighted by molar-refractivity contribution is -0.00808. The van der Waals surface area contributed by atoms with Crippen molar-refractivity contribution in [1.29, 1.82) is 0 Å². The maximum absolute atomic E-state index is 6.04. The molecule has 2 fully saturated rings. The first-order valence-corrected chi connectivity index (χ1v) is 11.6. The zero-order chi connectivity index (χ0) is 21.6. The van der Waals surface area contributed by atoms with Crippen LogP contribution in [-0.2, 0) is 11.8 Å². The molecular formula is C24H36N6O. The van der Waals surface area contributed by atoms with Crippen LogP contribution in [0.1, 0.15) is 48.6 Å². The third-order valence-corrected chi connectivity index (χ3v) is 6.26. The monoisotopic (exact) mass is 424 g/mol. The number of hydrogen-bond acceptors (Lipinski definition) is 4. The van der Waals surface area contributed by atoms with E-state index in [1.54, 1.807) is 0 Å². The number of likely N-dealkylation sites (tertiary alicyclic amines) is 1. The fraction of sp³-hybridized carbons (Fsp3) is 0.583. The molecule has 2 atom stereocenters. The van der Waals surface area contributed by atoms with Gasteiger partial charge in [0, 0.05) is 31.9 Å². The minimum Gasteiger partial charge on any atom is -0.370 e. The Balaban J connectivity index is 1.51. The van der Waals surface area contributed by atoms with Crippen LogP contribution < -0.4 is 5.32 Å². The Hall–Kier alpha value is -2.38. The van der Waals surface area contributed by atoms with Crippen molar-refractivity contribution in [2.75, 3.05) is 45.9 Å². The van der Waals surface area contributed by atoms with Crippen LogP contribution in [0.25, 0.3) is 0 Å². The molecule has 0 saturated carbocycles. The highest BCUT2D eigenvalue weighted by Gasteiger charge is 2.27. The van der Waals surface area contributed by atoms with Gasteiger partial charge in [0.1, 0.15) is 6.10 Å². The number of aliphatic imine (C=N–C) groups is 1. The molecule has 1 aromatic carbocycles. The van der Waals surface area contributed by atoms with Gasteiger partial charge in [0.15, 0.2) is 5.96 Å². The Morgan fingerprint density at radius 2 is 2.00 bits per heavy atom. The molecule has 3 heterocycles. The molecule has 2 aromatic rings. The van der Waals surface area contributed by atoms with Crippen molar-refractivity contribution in [3.8, 4) is 0 Å². The molecule has 0 amide bonds. The molecule has 2 saturated heterocycles.